The molecule has 0 fully saturated rings. The summed E-state index contributed by atoms with van der Waals surface area (Å²) >= 11 is 0. The topological polar surface area (TPSA) is 54.0 Å². The molecule has 0 radical (unpaired) electrons. The van der Waals surface area contributed by atoms with E-state index in [1.54, 1.807) is 22.9 Å². The van der Waals surface area contributed by atoms with Crippen LogP contribution < -0.4 is 0 Å². The van der Waals surface area contributed by atoms with Crippen molar-refractivity contribution in [2.24, 2.45) is 0 Å². The molecule has 2 aromatic heterocycles. The summed E-state index contributed by atoms with van der Waals surface area (Å²) in [6, 6.07) is 18.8. The second kappa shape index (κ2) is 5.60. The largest absolute Gasteiger partial charge is 0.284 e. The molecular weight excluding hydrogens is 303 g/mol. The molecule has 0 atom stereocenters. The predicted octanol–water partition coefficient (Wildman–Crippen LogP) is 4.07. The Hall–Kier alpha value is -3.52. The zero-order valence-corrected chi connectivity index (χ0v) is 12.5. The van der Waals surface area contributed by atoms with Gasteiger partial charge in [0.25, 0.3) is 0 Å². The summed E-state index contributed by atoms with van der Waals surface area (Å²) in [6.07, 6.45) is 3.27. The van der Waals surface area contributed by atoms with Gasteiger partial charge < -0.3 is 0 Å². The lowest BCUT2D eigenvalue weighted by Crippen LogP contribution is -1.93. The monoisotopic (exact) mass is 314 g/mol. The van der Waals surface area contributed by atoms with Crippen molar-refractivity contribution >= 4 is 5.78 Å². The van der Waals surface area contributed by atoms with E-state index in [1.165, 1.54) is 6.07 Å². The van der Waals surface area contributed by atoms with Crippen LogP contribution in [0.3, 0.4) is 0 Å². The first-order chi connectivity index (χ1) is 11.8. The van der Waals surface area contributed by atoms with Crippen molar-refractivity contribution in [3.8, 4) is 28.5 Å². The number of aromatic nitrogens is 3. The van der Waals surface area contributed by atoms with E-state index < -0.39 is 5.95 Å². The number of halogens is 1. The molecule has 2 heterocycles. The highest BCUT2D eigenvalue weighted by molar-refractivity contribution is 5.75. The van der Waals surface area contributed by atoms with Gasteiger partial charge in [-0.3, -0.25) is 4.40 Å². The van der Waals surface area contributed by atoms with Crippen LogP contribution in [0.4, 0.5) is 4.39 Å². The first-order valence-corrected chi connectivity index (χ1v) is 7.36. The molecule has 0 unspecified atom stereocenters. The van der Waals surface area contributed by atoms with Gasteiger partial charge in [-0.25, -0.2) is 4.98 Å². The Balaban J connectivity index is 1.87. The van der Waals surface area contributed by atoms with Gasteiger partial charge >= 0.3 is 0 Å². The zero-order valence-electron chi connectivity index (χ0n) is 12.5. The lowest BCUT2D eigenvalue weighted by atomic mass is 9.98. The highest BCUT2D eigenvalue weighted by Crippen LogP contribution is 2.28. The number of nitriles is 1. The Bertz CT molecular complexity index is 1090. The summed E-state index contributed by atoms with van der Waals surface area (Å²) in [4.78, 5) is 7.92. The first kappa shape index (κ1) is 14.1. The van der Waals surface area contributed by atoms with E-state index >= 15 is 0 Å². The van der Waals surface area contributed by atoms with Crippen LogP contribution in [0.1, 0.15) is 5.56 Å². The Morgan fingerprint density at radius 3 is 2.71 bits per heavy atom. The molecule has 2 aromatic carbocycles. The molecule has 0 saturated carbocycles. The Morgan fingerprint density at radius 1 is 1.00 bits per heavy atom. The second-order valence-electron chi connectivity index (χ2n) is 5.30. The molecule has 0 saturated heterocycles. The molecule has 0 amide bonds. The van der Waals surface area contributed by atoms with Gasteiger partial charge in [0.1, 0.15) is 0 Å². The highest BCUT2D eigenvalue weighted by atomic mass is 19.1. The maximum Gasteiger partial charge on any atom is 0.236 e. The molecule has 24 heavy (non-hydrogen) atoms. The van der Waals surface area contributed by atoms with Crippen LogP contribution in [0.15, 0.2) is 67.0 Å². The summed E-state index contributed by atoms with van der Waals surface area (Å²) in [5.74, 6) is -0.246. The van der Waals surface area contributed by atoms with E-state index in [1.807, 2.05) is 42.5 Å². The Labute approximate surface area is 137 Å². The van der Waals surface area contributed by atoms with Crippen molar-refractivity contribution in [1.82, 2.24) is 14.4 Å². The van der Waals surface area contributed by atoms with Gasteiger partial charge in [-0.2, -0.15) is 14.6 Å². The van der Waals surface area contributed by atoms with Gasteiger partial charge in [0.05, 0.1) is 23.5 Å². The van der Waals surface area contributed by atoms with E-state index in [0.717, 1.165) is 22.4 Å². The average molecular weight is 314 g/mol. The molecule has 0 aliphatic rings. The highest BCUT2D eigenvalue weighted by Gasteiger charge is 2.10. The molecule has 5 heteroatoms. The minimum atomic E-state index is -0.559. The number of benzene rings is 2. The number of rotatable bonds is 2. The smallest absolute Gasteiger partial charge is 0.236 e. The molecule has 0 N–H and O–H groups in total. The quantitative estimate of drug-likeness (QED) is 0.524. The SMILES string of the molecule is N#Cc1ccccc1-c1cccc(-c2cnc3nc(F)ccn23)c1. The number of fused-ring (bicyclic) bond motifs is 1. The molecule has 0 aliphatic carbocycles. The average Bonchev–Trinajstić information content (AvgIpc) is 3.04. The maximum absolute atomic E-state index is 13.2. The van der Waals surface area contributed by atoms with Crippen molar-refractivity contribution in [3.63, 3.8) is 0 Å². The fourth-order valence-electron chi connectivity index (χ4n) is 2.74. The molecule has 0 aliphatic heterocycles. The lowest BCUT2D eigenvalue weighted by Gasteiger charge is -2.07. The van der Waals surface area contributed by atoms with Crippen molar-refractivity contribution in [3.05, 3.63) is 78.5 Å². The van der Waals surface area contributed by atoms with E-state index in [4.69, 9.17) is 0 Å². The number of hydrogen-bond donors (Lipinski definition) is 0. The summed E-state index contributed by atoms with van der Waals surface area (Å²) in [6.45, 7) is 0. The molecule has 4 nitrogen and oxygen atoms in total. The van der Waals surface area contributed by atoms with Gasteiger partial charge in [-0.05, 0) is 23.3 Å². The third kappa shape index (κ3) is 2.31. The molecule has 4 rings (SSSR count). The molecule has 4 aromatic rings. The summed E-state index contributed by atoms with van der Waals surface area (Å²) < 4.78 is 15.0. The van der Waals surface area contributed by atoms with Crippen LogP contribution in [0.25, 0.3) is 28.2 Å². The first-order valence-electron chi connectivity index (χ1n) is 7.36. The van der Waals surface area contributed by atoms with E-state index in [0.29, 0.717) is 11.3 Å². The van der Waals surface area contributed by atoms with Crippen LogP contribution in [-0.2, 0) is 0 Å². The zero-order chi connectivity index (χ0) is 16.5. The fraction of sp³-hybridized carbons (Fsp3) is 0. The van der Waals surface area contributed by atoms with Gasteiger partial charge in [-0.15, -0.1) is 0 Å². The Kier molecular flexibility index (Phi) is 3.29. The normalized spacial score (nSPS) is 10.7. The van der Waals surface area contributed by atoms with Crippen molar-refractivity contribution in [2.45, 2.75) is 0 Å². The van der Waals surface area contributed by atoms with Gasteiger partial charge in [-0.1, -0.05) is 36.4 Å². The Morgan fingerprint density at radius 2 is 1.83 bits per heavy atom. The standard InChI is InChI=1S/C19H11FN4/c20-18-8-9-24-17(12-22-19(24)23-18)14-6-3-5-13(10-14)16-7-2-1-4-15(16)11-21/h1-10,12H. The van der Waals surface area contributed by atoms with Crippen molar-refractivity contribution in [1.29, 1.82) is 5.26 Å². The molecular formula is C19H11FN4. The van der Waals surface area contributed by atoms with E-state index in [-0.39, 0.29) is 0 Å². The minimum absolute atomic E-state index is 0.313. The predicted molar refractivity (Wildman–Crippen MR) is 88.5 cm³/mol. The van der Waals surface area contributed by atoms with Gasteiger partial charge in [0.2, 0.25) is 11.7 Å². The third-order valence-electron chi connectivity index (χ3n) is 3.86. The van der Waals surface area contributed by atoms with Crippen LogP contribution in [0.5, 0.6) is 0 Å². The lowest BCUT2D eigenvalue weighted by molar-refractivity contribution is 0.583. The molecule has 114 valence electrons. The third-order valence-corrected chi connectivity index (χ3v) is 3.86. The summed E-state index contributed by atoms with van der Waals surface area (Å²) in [7, 11) is 0. The summed E-state index contributed by atoms with van der Waals surface area (Å²) in [5.41, 5.74) is 4.17. The van der Waals surface area contributed by atoms with Gasteiger partial charge in [0, 0.05) is 17.8 Å². The molecule has 0 spiro atoms. The van der Waals surface area contributed by atoms with Gasteiger partial charge in [0.15, 0.2) is 0 Å². The van der Waals surface area contributed by atoms with E-state index in [9.17, 15) is 9.65 Å². The van der Waals surface area contributed by atoms with Crippen LogP contribution >= 0.6 is 0 Å². The van der Waals surface area contributed by atoms with Crippen molar-refractivity contribution in [2.75, 3.05) is 0 Å². The van der Waals surface area contributed by atoms with Crippen LogP contribution in [-0.4, -0.2) is 14.4 Å². The van der Waals surface area contributed by atoms with Crippen LogP contribution in [0, 0.1) is 17.3 Å². The fourth-order valence-corrected chi connectivity index (χ4v) is 2.74. The maximum atomic E-state index is 13.2. The number of nitrogens with zero attached hydrogens (tertiary/aromatic N) is 4. The number of imidazole rings is 1. The second-order valence-corrected chi connectivity index (χ2v) is 5.30. The number of hydrogen-bond acceptors (Lipinski definition) is 3. The summed E-state index contributed by atoms with van der Waals surface area (Å²) in [5, 5.41) is 9.29. The van der Waals surface area contributed by atoms with Crippen LogP contribution in [0.2, 0.25) is 0 Å². The molecule has 0 bridgehead atoms. The van der Waals surface area contributed by atoms with Crippen molar-refractivity contribution < 1.29 is 4.39 Å². The minimum Gasteiger partial charge on any atom is -0.284 e. The van der Waals surface area contributed by atoms with E-state index in [2.05, 4.69) is 16.0 Å².